The number of ether oxygens (including phenoxy) is 1. The van der Waals surface area contributed by atoms with Crippen molar-refractivity contribution >= 4 is 37.6 Å². The molecule has 0 amide bonds. The minimum Gasteiger partial charge on any atom is -0.376 e. The van der Waals surface area contributed by atoms with Crippen LogP contribution in [0, 0.1) is 0 Å². The molecule has 3 aromatic rings. The Morgan fingerprint density at radius 1 is 1.18 bits per heavy atom. The van der Waals surface area contributed by atoms with Crippen LogP contribution in [0.4, 0.5) is 5.82 Å². The molecule has 2 aliphatic rings. The van der Waals surface area contributed by atoms with Crippen LogP contribution in [0.5, 0.6) is 0 Å². The molecule has 0 saturated carbocycles. The second-order valence-electron chi connectivity index (χ2n) is 8.02. The van der Waals surface area contributed by atoms with Crippen LogP contribution in [-0.2, 0) is 24.0 Å². The summed E-state index contributed by atoms with van der Waals surface area (Å²) in [6, 6.07) is 0. The Labute approximate surface area is 169 Å². The van der Waals surface area contributed by atoms with E-state index < -0.39 is 0 Å². The summed E-state index contributed by atoms with van der Waals surface area (Å²) in [7, 11) is 0. The number of aromatic nitrogens is 3. The molecule has 5 nitrogen and oxygen atoms in total. The molecule has 5 rings (SSSR count). The fraction of sp³-hybridized carbons (Fsp3) is 0.591. The van der Waals surface area contributed by atoms with Gasteiger partial charge in [0.15, 0.2) is 0 Å². The number of thiophene rings is 1. The summed E-state index contributed by atoms with van der Waals surface area (Å²) in [6.07, 6.45) is 12.7. The van der Waals surface area contributed by atoms with Gasteiger partial charge in [-0.2, -0.15) is 0 Å². The van der Waals surface area contributed by atoms with Gasteiger partial charge in [0.1, 0.15) is 17.0 Å². The maximum absolute atomic E-state index is 5.76. The quantitative estimate of drug-likeness (QED) is 0.632. The fourth-order valence-electron chi connectivity index (χ4n) is 4.63. The highest BCUT2D eigenvalue weighted by molar-refractivity contribution is 7.26. The maximum Gasteiger partial charge on any atom is 0.147 e. The van der Waals surface area contributed by atoms with Crippen LogP contribution in [0.1, 0.15) is 62.3 Å². The number of rotatable bonds is 6. The van der Waals surface area contributed by atoms with Crippen LogP contribution < -0.4 is 5.32 Å². The molecule has 0 aromatic carbocycles. The Hall–Kier alpha value is -1.79. The normalized spacial score (nSPS) is 19.4. The maximum atomic E-state index is 5.76. The van der Waals surface area contributed by atoms with Crippen molar-refractivity contribution in [3.63, 3.8) is 0 Å². The molecule has 0 radical (unpaired) electrons. The summed E-state index contributed by atoms with van der Waals surface area (Å²) in [5, 5.41) is 4.82. The van der Waals surface area contributed by atoms with Crippen LogP contribution in [-0.4, -0.2) is 34.2 Å². The van der Waals surface area contributed by atoms with E-state index in [1.807, 2.05) is 0 Å². The lowest BCUT2D eigenvalue weighted by Gasteiger charge is -2.20. The zero-order chi connectivity index (χ0) is 18.9. The number of fused-ring (bicyclic) bond motifs is 5. The van der Waals surface area contributed by atoms with E-state index in [4.69, 9.17) is 14.7 Å². The number of pyridine rings is 1. The molecule has 28 heavy (non-hydrogen) atoms. The summed E-state index contributed by atoms with van der Waals surface area (Å²) in [5.41, 5.74) is 5.44. The van der Waals surface area contributed by atoms with Gasteiger partial charge in [-0.05, 0) is 62.5 Å². The van der Waals surface area contributed by atoms with Gasteiger partial charge in [0.05, 0.1) is 16.3 Å². The van der Waals surface area contributed by atoms with E-state index in [1.165, 1.54) is 54.3 Å². The average Bonchev–Trinajstić information content (AvgIpc) is 3.38. The highest BCUT2D eigenvalue weighted by atomic mass is 32.1. The minimum absolute atomic E-state index is 0.297. The highest BCUT2D eigenvalue weighted by Crippen LogP contribution is 2.41. The van der Waals surface area contributed by atoms with E-state index in [0.29, 0.717) is 6.10 Å². The van der Waals surface area contributed by atoms with Crippen molar-refractivity contribution < 1.29 is 4.74 Å². The van der Waals surface area contributed by atoms with Crippen molar-refractivity contribution in [1.82, 2.24) is 15.0 Å². The topological polar surface area (TPSA) is 59.9 Å². The molecule has 1 fully saturated rings. The van der Waals surface area contributed by atoms with Crippen LogP contribution in [0.25, 0.3) is 20.4 Å². The van der Waals surface area contributed by atoms with Gasteiger partial charge in [-0.1, -0.05) is 13.3 Å². The van der Waals surface area contributed by atoms with Gasteiger partial charge in [0.2, 0.25) is 0 Å². The predicted molar refractivity (Wildman–Crippen MR) is 115 cm³/mol. The third kappa shape index (κ3) is 3.26. The van der Waals surface area contributed by atoms with Gasteiger partial charge in [-0.15, -0.1) is 11.3 Å². The lowest BCUT2D eigenvalue weighted by Crippen LogP contribution is -2.18. The SMILES string of the molecule is CCCCc1nc2sc3c(NCC4CCCO4)ncnc3c2c2c1CCCC2. The second kappa shape index (κ2) is 7.91. The molecular formula is C22H28N4OS. The first-order chi connectivity index (χ1) is 13.8. The van der Waals surface area contributed by atoms with Crippen molar-refractivity contribution in [2.24, 2.45) is 0 Å². The lowest BCUT2D eigenvalue weighted by atomic mass is 9.87. The van der Waals surface area contributed by atoms with Crippen molar-refractivity contribution in [1.29, 1.82) is 0 Å². The first kappa shape index (κ1) is 18.3. The average molecular weight is 397 g/mol. The molecule has 148 valence electrons. The molecule has 1 atom stereocenters. The van der Waals surface area contributed by atoms with E-state index in [2.05, 4.69) is 17.2 Å². The van der Waals surface area contributed by atoms with Crippen molar-refractivity contribution in [3.05, 3.63) is 23.1 Å². The fourth-order valence-corrected chi connectivity index (χ4v) is 5.77. The summed E-state index contributed by atoms with van der Waals surface area (Å²) < 4.78 is 6.90. The molecule has 3 aromatic heterocycles. The number of hydrogen-bond acceptors (Lipinski definition) is 6. The van der Waals surface area contributed by atoms with Gasteiger partial charge in [-0.25, -0.2) is 15.0 Å². The van der Waals surface area contributed by atoms with Crippen LogP contribution in [0.2, 0.25) is 0 Å². The van der Waals surface area contributed by atoms with Gasteiger partial charge < -0.3 is 10.1 Å². The van der Waals surface area contributed by atoms with Gasteiger partial charge in [0, 0.05) is 24.2 Å². The molecule has 1 aliphatic carbocycles. The van der Waals surface area contributed by atoms with Crippen LogP contribution in [0.3, 0.4) is 0 Å². The Kier molecular flexibility index (Phi) is 5.16. The number of nitrogens with one attached hydrogen (secondary N) is 1. The zero-order valence-electron chi connectivity index (χ0n) is 16.6. The monoisotopic (exact) mass is 396 g/mol. The molecule has 4 heterocycles. The third-order valence-electron chi connectivity index (χ3n) is 6.10. The molecule has 1 N–H and O–H groups in total. The van der Waals surface area contributed by atoms with Crippen molar-refractivity contribution in [2.45, 2.75) is 70.8 Å². The number of aryl methyl sites for hydroxylation is 2. The molecule has 0 spiro atoms. The standard InChI is InChI=1S/C22H28N4OS/c1-2-3-10-17-15-8-4-5-9-16(15)18-19-20(28-22(18)26-17)21(25-13-24-19)23-12-14-7-6-11-27-14/h13-14H,2-12H2,1H3,(H,23,24,25). The van der Waals surface area contributed by atoms with E-state index >= 15 is 0 Å². The molecule has 1 unspecified atom stereocenters. The van der Waals surface area contributed by atoms with E-state index in [9.17, 15) is 0 Å². The largest absolute Gasteiger partial charge is 0.376 e. The Morgan fingerprint density at radius 2 is 2.07 bits per heavy atom. The molecule has 0 bridgehead atoms. The van der Waals surface area contributed by atoms with E-state index in [-0.39, 0.29) is 0 Å². The predicted octanol–water partition coefficient (Wildman–Crippen LogP) is 5.05. The number of anilines is 1. The number of unbranched alkanes of at least 4 members (excludes halogenated alkanes) is 1. The highest BCUT2D eigenvalue weighted by Gasteiger charge is 2.23. The van der Waals surface area contributed by atoms with Crippen molar-refractivity contribution in [3.8, 4) is 0 Å². The first-order valence-corrected chi connectivity index (χ1v) is 11.6. The van der Waals surface area contributed by atoms with E-state index in [1.54, 1.807) is 17.7 Å². The minimum atomic E-state index is 0.297. The van der Waals surface area contributed by atoms with E-state index in [0.717, 1.165) is 59.7 Å². The number of hydrogen-bond donors (Lipinski definition) is 1. The third-order valence-corrected chi connectivity index (χ3v) is 7.18. The van der Waals surface area contributed by atoms with Crippen LogP contribution >= 0.6 is 11.3 Å². The second-order valence-corrected chi connectivity index (χ2v) is 9.02. The summed E-state index contributed by atoms with van der Waals surface area (Å²) in [5.74, 6) is 0.933. The van der Waals surface area contributed by atoms with Crippen molar-refractivity contribution in [2.75, 3.05) is 18.5 Å². The summed E-state index contributed by atoms with van der Waals surface area (Å²) in [4.78, 5) is 15.5. The zero-order valence-corrected chi connectivity index (χ0v) is 17.4. The molecule has 1 aliphatic heterocycles. The molecule has 1 saturated heterocycles. The Morgan fingerprint density at radius 3 is 2.89 bits per heavy atom. The molecular weight excluding hydrogens is 368 g/mol. The molecule has 6 heteroatoms. The van der Waals surface area contributed by atoms with Crippen LogP contribution in [0.15, 0.2) is 6.33 Å². The lowest BCUT2D eigenvalue weighted by molar-refractivity contribution is 0.120. The number of nitrogens with zero attached hydrogens (tertiary/aromatic N) is 3. The van der Waals surface area contributed by atoms with Gasteiger partial charge >= 0.3 is 0 Å². The first-order valence-electron chi connectivity index (χ1n) is 10.8. The summed E-state index contributed by atoms with van der Waals surface area (Å²) >= 11 is 1.75. The van der Waals surface area contributed by atoms with Gasteiger partial charge in [-0.3, -0.25) is 0 Å². The smallest absolute Gasteiger partial charge is 0.147 e. The van der Waals surface area contributed by atoms with Gasteiger partial charge in [0.25, 0.3) is 0 Å². The Bertz CT molecular complexity index is 993. The Balaban J connectivity index is 1.59. The summed E-state index contributed by atoms with van der Waals surface area (Å²) in [6.45, 7) is 3.95.